The molecular formula is C19H23N3O2. The molecule has 2 rings (SSSR count). The largest absolute Gasteiger partial charge is 0.376 e. The van der Waals surface area contributed by atoms with Crippen molar-refractivity contribution in [3.8, 4) is 0 Å². The minimum absolute atomic E-state index is 0.00756. The zero-order valence-electron chi connectivity index (χ0n) is 14.1. The first-order valence-corrected chi connectivity index (χ1v) is 8.07. The average Bonchev–Trinajstić information content (AvgIpc) is 2.53. The Hall–Kier alpha value is -2.82. The summed E-state index contributed by atoms with van der Waals surface area (Å²) in [6, 6.07) is 15.0. The summed E-state index contributed by atoms with van der Waals surface area (Å²) < 4.78 is 0. The Labute approximate surface area is 142 Å². The summed E-state index contributed by atoms with van der Waals surface area (Å²) in [5.74, 6) is -0.132. The maximum Gasteiger partial charge on any atom is 0.243 e. The Kier molecular flexibility index (Phi) is 6.37. The third-order valence-corrected chi connectivity index (χ3v) is 3.38. The normalized spacial score (nSPS) is 10.1. The Morgan fingerprint density at radius 2 is 1.50 bits per heavy atom. The Bertz CT molecular complexity index is 713. The molecular weight excluding hydrogens is 302 g/mol. The molecule has 24 heavy (non-hydrogen) atoms. The second-order valence-electron chi connectivity index (χ2n) is 5.65. The number of hydrogen-bond acceptors (Lipinski definition) is 3. The van der Waals surface area contributed by atoms with Gasteiger partial charge in [0.25, 0.3) is 0 Å². The van der Waals surface area contributed by atoms with Crippen LogP contribution in [0.4, 0.5) is 17.1 Å². The van der Waals surface area contributed by atoms with Gasteiger partial charge < -0.3 is 16.0 Å². The van der Waals surface area contributed by atoms with E-state index in [2.05, 4.69) is 16.0 Å². The van der Waals surface area contributed by atoms with Crippen molar-refractivity contribution in [1.82, 2.24) is 0 Å². The summed E-state index contributed by atoms with van der Waals surface area (Å²) >= 11 is 0. The molecule has 0 saturated heterocycles. The number of nitrogens with one attached hydrogen (secondary N) is 3. The second kappa shape index (κ2) is 8.72. The molecule has 0 atom stereocenters. The van der Waals surface area contributed by atoms with E-state index in [-0.39, 0.29) is 18.4 Å². The molecule has 0 fully saturated rings. The maximum absolute atomic E-state index is 12.0. The molecule has 5 nitrogen and oxygen atoms in total. The highest BCUT2D eigenvalue weighted by Gasteiger charge is 2.04. The first-order chi connectivity index (χ1) is 11.6. The zero-order chi connectivity index (χ0) is 17.4. The molecule has 0 radical (unpaired) electrons. The van der Waals surface area contributed by atoms with Crippen molar-refractivity contribution in [3.05, 3.63) is 54.1 Å². The van der Waals surface area contributed by atoms with E-state index in [1.54, 1.807) is 0 Å². The highest BCUT2D eigenvalue weighted by Crippen LogP contribution is 2.15. The lowest BCUT2D eigenvalue weighted by Crippen LogP contribution is -2.21. The highest BCUT2D eigenvalue weighted by molar-refractivity contribution is 5.94. The van der Waals surface area contributed by atoms with Gasteiger partial charge in [-0.25, -0.2) is 0 Å². The molecule has 0 aromatic heterocycles. The molecule has 0 bridgehead atoms. The van der Waals surface area contributed by atoms with Gasteiger partial charge in [0.2, 0.25) is 11.8 Å². The van der Waals surface area contributed by atoms with E-state index in [9.17, 15) is 9.59 Å². The molecule has 0 unspecified atom stereocenters. The van der Waals surface area contributed by atoms with Crippen LogP contribution in [0.25, 0.3) is 0 Å². The summed E-state index contributed by atoms with van der Waals surface area (Å²) in [4.78, 5) is 23.6. The Balaban J connectivity index is 1.87. The van der Waals surface area contributed by atoms with Crippen LogP contribution in [-0.2, 0) is 9.59 Å². The predicted molar refractivity (Wildman–Crippen MR) is 98.3 cm³/mol. The average molecular weight is 325 g/mol. The fraction of sp³-hybridized carbons (Fsp3) is 0.263. The Morgan fingerprint density at radius 3 is 2.21 bits per heavy atom. The molecule has 0 heterocycles. The molecule has 3 N–H and O–H groups in total. The van der Waals surface area contributed by atoms with E-state index in [0.29, 0.717) is 6.42 Å². The quantitative estimate of drug-likeness (QED) is 0.725. The topological polar surface area (TPSA) is 70.2 Å². The van der Waals surface area contributed by atoms with E-state index in [4.69, 9.17) is 0 Å². The lowest BCUT2D eigenvalue weighted by molar-refractivity contribution is -0.116. The molecule has 0 spiro atoms. The van der Waals surface area contributed by atoms with Crippen LogP contribution in [0.3, 0.4) is 0 Å². The van der Waals surface area contributed by atoms with Gasteiger partial charge in [0, 0.05) is 23.5 Å². The van der Waals surface area contributed by atoms with Gasteiger partial charge in [-0.05, 0) is 49.2 Å². The third kappa shape index (κ3) is 5.76. The molecule has 0 saturated carbocycles. The lowest BCUT2D eigenvalue weighted by atomic mass is 10.2. The summed E-state index contributed by atoms with van der Waals surface area (Å²) in [6.45, 7) is 4.09. The van der Waals surface area contributed by atoms with Crippen molar-refractivity contribution < 1.29 is 9.59 Å². The summed E-state index contributed by atoms with van der Waals surface area (Å²) in [5.41, 5.74) is 3.37. The van der Waals surface area contributed by atoms with Crippen LogP contribution in [0.15, 0.2) is 48.5 Å². The number of rotatable bonds is 7. The fourth-order valence-electron chi connectivity index (χ4n) is 2.27. The first-order valence-electron chi connectivity index (χ1n) is 8.07. The van der Waals surface area contributed by atoms with Crippen LogP contribution in [0.2, 0.25) is 0 Å². The Morgan fingerprint density at radius 1 is 0.875 bits per heavy atom. The molecule has 0 aliphatic carbocycles. The first kappa shape index (κ1) is 17.5. The zero-order valence-corrected chi connectivity index (χ0v) is 14.1. The van der Waals surface area contributed by atoms with Crippen molar-refractivity contribution in [2.45, 2.75) is 26.7 Å². The summed E-state index contributed by atoms with van der Waals surface area (Å²) in [5, 5.41) is 8.74. The lowest BCUT2D eigenvalue weighted by Gasteiger charge is -2.10. The van der Waals surface area contributed by atoms with Gasteiger partial charge in [0.05, 0.1) is 6.54 Å². The smallest absolute Gasteiger partial charge is 0.243 e. The van der Waals surface area contributed by atoms with Crippen LogP contribution in [0.5, 0.6) is 0 Å². The molecule has 5 heteroatoms. The van der Waals surface area contributed by atoms with Crippen LogP contribution in [0, 0.1) is 6.92 Å². The molecule has 126 valence electrons. The van der Waals surface area contributed by atoms with Crippen LogP contribution >= 0.6 is 0 Å². The molecule has 2 amide bonds. The second-order valence-corrected chi connectivity index (χ2v) is 5.65. The van der Waals surface area contributed by atoms with E-state index in [0.717, 1.165) is 29.0 Å². The molecule has 2 aromatic carbocycles. The van der Waals surface area contributed by atoms with Crippen molar-refractivity contribution in [2.24, 2.45) is 0 Å². The van der Waals surface area contributed by atoms with Gasteiger partial charge in [0.1, 0.15) is 0 Å². The van der Waals surface area contributed by atoms with Gasteiger partial charge in [-0.2, -0.15) is 0 Å². The van der Waals surface area contributed by atoms with E-state index < -0.39 is 0 Å². The number of amides is 2. The third-order valence-electron chi connectivity index (χ3n) is 3.38. The van der Waals surface area contributed by atoms with E-state index >= 15 is 0 Å². The van der Waals surface area contributed by atoms with Crippen molar-refractivity contribution in [3.63, 3.8) is 0 Å². The predicted octanol–water partition coefficient (Wildman–Crippen LogP) is 3.78. The van der Waals surface area contributed by atoms with Gasteiger partial charge >= 0.3 is 0 Å². The highest BCUT2D eigenvalue weighted by atomic mass is 16.2. The van der Waals surface area contributed by atoms with Crippen molar-refractivity contribution in [1.29, 1.82) is 0 Å². The van der Waals surface area contributed by atoms with Crippen LogP contribution < -0.4 is 16.0 Å². The summed E-state index contributed by atoms with van der Waals surface area (Å²) in [7, 11) is 0. The van der Waals surface area contributed by atoms with E-state index in [1.807, 2.05) is 62.4 Å². The SMILES string of the molecule is CCCC(=O)Nc1cccc(NCC(=O)Nc2cccc(C)c2)c1. The molecule has 2 aromatic rings. The monoisotopic (exact) mass is 325 g/mol. The van der Waals surface area contributed by atoms with Gasteiger partial charge in [0.15, 0.2) is 0 Å². The van der Waals surface area contributed by atoms with E-state index in [1.165, 1.54) is 0 Å². The number of benzene rings is 2. The van der Waals surface area contributed by atoms with Gasteiger partial charge in [-0.3, -0.25) is 9.59 Å². The van der Waals surface area contributed by atoms with Gasteiger partial charge in [-0.15, -0.1) is 0 Å². The maximum atomic E-state index is 12.0. The molecule has 0 aliphatic heterocycles. The number of carbonyl (C=O) groups is 2. The van der Waals surface area contributed by atoms with Crippen LogP contribution in [-0.4, -0.2) is 18.4 Å². The number of hydrogen-bond donors (Lipinski definition) is 3. The minimum atomic E-state index is -0.124. The number of anilines is 3. The van der Waals surface area contributed by atoms with Crippen molar-refractivity contribution >= 4 is 28.9 Å². The summed E-state index contributed by atoms with van der Waals surface area (Å²) in [6.07, 6.45) is 1.31. The van der Waals surface area contributed by atoms with Crippen LogP contribution in [0.1, 0.15) is 25.3 Å². The van der Waals surface area contributed by atoms with Gasteiger partial charge in [-0.1, -0.05) is 25.1 Å². The molecule has 0 aliphatic rings. The van der Waals surface area contributed by atoms with Crippen molar-refractivity contribution in [2.75, 3.05) is 22.5 Å². The standard InChI is InChI=1S/C19H23N3O2/c1-3-6-18(23)21-17-10-5-8-15(12-17)20-13-19(24)22-16-9-4-7-14(2)11-16/h4-5,7-12,20H,3,6,13H2,1-2H3,(H,21,23)(H,22,24). The number of carbonyl (C=O) groups excluding carboxylic acids is 2. The minimum Gasteiger partial charge on any atom is -0.376 e. The number of aryl methyl sites for hydroxylation is 1. The fourth-order valence-corrected chi connectivity index (χ4v) is 2.27.